The highest BCUT2D eigenvalue weighted by Gasteiger charge is 2.67. The van der Waals surface area contributed by atoms with E-state index in [4.69, 9.17) is 0 Å². The van der Waals surface area contributed by atoms with E-state index in [0.717, 1.165) is 40.8 Å². The van der Waals surface area contributed by atoms with Crippen LogP contribution in [0.3, 0.4) is 0 Å². The summed E-state index contributed by atoms with van der Waals surface area (Å²) in [6.45, 7) is 4.17. The summed E-state index contributed by atoms with van der Waals surface area (Å²) in [5.74, 6) is 0.375. The average Bonchev–Trinajstić information content (AvgIpc) is 3.13. The Morgan fingerprint density at radius 3 is 2.81 bits per heavy atom. The lowest BCUT2D eigenvalue weighted by Crippen LogP contribution is -2.61. The molecule has 1 aromatic carbocycles. The summed E-state index contributed by atoms with van der Waals surface area (Å²) in [4.78, 5) is 30.3. The topological polar surface area (TPSA) is 87.5 Å². The molecule has 36 heavy (non-hydrogen) atoms. The molecule has 0 amide bonds. The number of thioether (sulfide) groups is 1. The van der Waals surface area contributed by atoms with Crippen LogP contribution in [0.1, 0.15) is 46.0 Å². The lowest BCUT2D eigenvalue weighted by molar-refractivity contribution is -0.174. The molecule has 0 aliphatic heterocycles. The first-order valence-corrected chi connectivity index (χ1v) is 14.0. The first-order chi connectivity index (χ1) is 17.2. The van der Waals surface area contributed by atoms with Gasteiger partial charge in [0.05, 0.1) is 22.4 Å². The number of ketones is 2. The van der Waals surface area contributed by atoms with Crippen molar-refractivity contribution in [2.75, 3.05) is 5.75 Å². The summed E-state index contributed by atoms with van der Waals surface area (Å²) < 4.78 is 0. The summed E-state index contributed by atoms with van der Waals surface area (Å²) in [6.07, 6.45) is 8.05. The van der Waals surface area contributed by atoms with Crippen molar-refractivity contribution in [1.82, 2.24) is 4.98 Å². The van der Waals surface area contributed by atoms with Crippen LogP contribution in [0.25, 0.3) is 10.9 Å². The lowest BCUT2D eigenvalue weighted by atomic mass is 9.46. The Labute approximate surface area is 216 Å². The van der Waals surface area contributed by atoms with E-state index in [2.05, 4.69) is 11.9 Å². The predicted molar refractivity (Wildman–Crippen MR) is 140 cm³/mol. The SMILES string of the molecule is C[C@]12C=CC(=O)C=C1CC[C@@H]1[C@@H]2[C@@H](O)C[C@@]2(C)[C@H]1CC[C@]2(O)C(=O)CSc1ccc2ccccc2n1. The van der Waals surface area contributed by atoms with Crippen LogP contribution in [0.4, 0.5) is 0 Å². The number of para-hydroxylation sites is 1. The maximum atomic E-state index is 13.6. The van der Waals surface area contributed by atoms with Crippen LogP contribution >= 0.6 is 11.8 Å². The van der Waals surface area contributed by atoms with Crippen molar-refractivity contribution in [2.45, 2.75) is 62.7 Å². The largest absolute Gasteiger partial charge is 0.393 e. The monoisotopic (exact) mass is 503 g/mol. The molecule has 1 aromatic heterocycles. The van der Waals surface area contributed by atoms with Crippen LogP contribution in [-0.2, 0) is 9.59 Å². The van der Waals surface area contributed by atoms with Crippen LogP contribution in [0.2, 0.25) is 0 Å². The number of allylic oxidation sites excluding steroid dienone is 4. The first kappa shape index (κ1) is 24.1. The number of pyridine rings is 1. The zero-order chi connectivity index (χ0) is 25.3. The maximum absolute atomic E-state index is 13.6. The smallest absolute Gasteiger partial charge is 0.178 e. The third kappa shape index (κ3) is 3.41. The molecular weight excluding hydrogens is 470 g/mol. The van der Waals surface area contributed by atoms with Crippen molar-refractivity contribution in [3.05, 3.63) is 60.2 Å². The Morgan fingerprint density at radius 1 is 1.17 bits per heavy atom. The van der Waals surface area contributed by atoms with E-state index in [9.17, 15) is 19.8 Å². The van der Waals surface area contributed by atoms with E-state index in [0.29, 0.717) is 12.8 Å². The molecule has 1 heterocycles. The predicted octanol–water partition coefficient (Wildman–Crippen LogP) is 4.91. The molecule has 0 saturated heterocycles. The number of nitrogens with zero attached hydrogens (tertiary/aromatic N) is 1. The minimum Gasteiger partial charge on any atom is -0.393 e. The minimum absolute atomic E-state index is 0.00597. The third-order valence-corrected chi connectivity index (χ3v) is 11.0. The normalized spacial score (nSPS) is 39.3. The van der Waals surface area contributed by atoms with Crippen LogP contribution < -0.4 is 0 Å². The van der Waals surface area contributed by atoms with Crippen molar-refractivity contribution in [1.29, 1.82) is 0 Å². The Kier molecular flexibility index (Phi) is 5.60. The van der Waals surface area contributed by atoms with Crippen molar-refractivity contribution < 1.29 is 19.8 Å². The van der Waals surface area contributed by atoms with Gasteiger partial charge in [-0.1, -0.05) is 61.5 Å². The summed E-state index contributed by atoms with van der Waals surface area (Å²) in [5, 5.41) is 25.3. The molecule has 4 aliphatic rings. The molecule has 6 heteroatoms. The first-order valence-electron chi connectivity index (χ1n) is 13.0. The zero-order valence-electron chi connectivity index (χ0n) is 20.8. The number of carbonyl (C=O) groups excluding carboxylic acids is 2. The third-order valence-electron chi connectivity index (χ3n) is 10.0. The number of aliphatic hydroxyl groups excluding tert-OH is 1. The van der Waals surface area contributed by atoms with E-state index in [1.807, 2.05) is 49.4 Å². The molecule has 3 fully saturated rings. The number of hydrogen-bond acceptors (Lipinski definition) is 6. The van der Waals surface area contributed by atoms with Gasteiger partial charge in [-0.05, 0) is 68.2 Å². The molecule has 2 N–H and O–H groups in total. The summed E-state index contributed by atoms with van der Waals surface area (Å²) >= 11 is 1.37. The highest BCUT2D eigenvalue weighted by Crippen LogP contribution is 2.67. The van der Waals surface area contributed by atoms with Crippen LogP contribution in [0, 0.1) is 28.6 Å². The standard InChI is InChI=1S/C30H33NO4S/c1-28-13-11-20(32)15-19(28)8-9-21-22-12-14-30(35,29(22,2)16-24(33)27(21)28)25(34)17-36-26-10-7-18-5-3-4-6-23(18)31-26/h3-7,10-11,13,15,21-22,24,27,33,35H,8-9,12,14,16-17H2,1-2H3/t21-,22-,24-,27+,28-,29-,30-/m0/s1. The van der Waals surface area contributed by atoms with Gasteiger partial charge in [0.15, 0.2) is 11.6 Å². The van der Waals surface area contributed by atoms with Gasteiger partial charge >= 0.3 is 0 Å². The van der Waals surface area contributed by atoms with Crippen molar-refractivity contribution in [3.8, 4) is 0 Å². The average molecular weight is 504 g/mol. The number of Topliss-reactive ketones (excluding diaryl/α,β-unsaturated/α-hetero) is 1. The van der Waals surface area contributed by atoms with Gasteiger partial charge in [0.1, 0.15) is 5.60 Å². The second-order valence-corrected chi connectivity index (χ2v) is 12.7. The number of aromatic nitrogens is 1. The number of benzene rings is 1. The van der Waals surface area contributed by atoms with Gasteiger partial charge in [0.2, 0.25) is 0 Å². The zero-order valence-corrected chi connectivity index (χ0v) is 21.6. The van der Waals surface area contributed by atoms with E-state index < -0.39 is 17.1 Å². The Bertz CT molecular complexity index is 1320. The molecule has 5 nitrogen and oxygen atoms in total. The second-order valence-electron chi connectivity index (χ2n) is 11.7. The Morgan fingerprint density at radius 2 is 1.97 bits per heavy atom. The van der Waals surface area contributed by atoms with Crippen molar-refractivity contribution in [3.63, 3.8) is 0 Å². The van der Waals surface area contributed by atoms with Crippen LogP contribution in [0.15, 0.2) is 65.2 Å². The van der Waals surface area contributed by atoms with Crippen LogP contribution in [0.5, 0.6) is 0 Å². The second kappa shape index (κ2) is 8.37. The molecule has 0 bridgehead atoms. The number of hydrogen-bond donors (Lipinski definition) is 2. The molecule has 7 atom stereocenters. The molecule has 188 valence electrons. The van der Waals surface area contributed by atoms with Crippen molar-refractivity contribution >= 4 is 34.2 Å². The number of rotatable bonds is 4. The molecule has 2 aromatic rings. The van der Waals surface area contributed by atoms with E-state index in [-0.39, 0.29) is 40.5 Å². The fourth-order valence-corrected chi connectivity index (χ4v) is 9.02. The Balaban J connectivity index is 1.24. The van der Waals surface area contributed by atoms with Gasteiger partial charge in [0.25, 0.3) is 0 Å². The van der Waals surface area contributed by atoms with Gasteiger partial charge in [0, 0.05) is 22.1 Å². The molecule has 0 spiro atoms. The van der Waals surface area contributed by atoms with Gasteiger partial charge < -0.3 is 10.2 Å². The number of carbonyl (C=O) groups is 2. The number of aliphatic hydroxyl groups is 2. The highest BCUT2D eigenvalue weighted by atomic mass is 32.2. The van der Waals surface area contributed by atoms with Crippen molar-refractivity contribution in [2.24, 2.45) is 28.6 Å². The fourth-order valence-electron chi connectivity index (χ4n) is 8.18. The van der Waals surface area contributed by atoms with E-state index in [1.54, 1.807) is 12.2 Å². The van der Waals surface area contributed by atoms with E-state index >= 15 is 0 Å². The van der Waals surface area contributed by atoms with Gasteiger partial charge in [-0.25, -0.2) is 4.98 Å². The fraction of sp³-hybridized carbons (Fsp3) is 0.500. The quantitative estimate of drug-likeness (QED) is 0.577. The summed E-state index contributed by atoms with van der Waals surface area (Å²) in [5.41, 5.74) is -0.473. The van der Waals surface area contributed by atoms with Crippen LogP contribution in [-0.4, -0.2) is 44.2 Å². The molecule has 0 radical (unpaired) electrons. The molecule has 0 unspecified atom stereocenters. The molecule has 4 aliphatic carbocycles. The lowest BCUT2D eigenvalue weighted by Gasteiger charge is -2.59. The maximum Gasteiger partial charge on any atom is 0.178 e. The summed E-state index contributed by atoms with van der Waals surface area (Å²) in [6, 6.07) is 11.8. The number of fused-ring (bicyclic) bond motifs is 6. The van der Waals surface area contributed by atoms with E-state index in [1.165, 1.54) is 11.8 Å². The highest BCUT2D eigenvalue weighted by molar-refractivity contribution is 7.99. The molecule has 3 saturated carbocycles. The van der Waals surface area contributed by atoms with Gasteiger partial charge in [-0.3, -0.25) is 9.59 Å². The van der Waals surface area contributed by atoms with Gasteiger partial charge in [-0.15, -0.1) is 0 Å². The Hall–Kier alpha value is -2.28. The van der Waals surface area contributed by atoms with Gasteiger partial charge in [-0.2, -0.15) is 0 Å². The summed E-state index contributed by atoms with van der Waals surface area (Å²) in [7, 11) is 0. The minimum atomic E-state index is -1.46. The molecular formula is C30H33NO4S. The molecule has 6 rings (SSSR count).